The maximum absolute atomic E-state index is 2.54. The fourth-order valence-electron chi connectivity index (χ4n) is 8.69. The Labute approximate surface area is 295 Å². The van der Waals surface area contributed by atoms with E-state index in [1.165, 1.54) is 98.3 Å². The summed E-state index contributed by atoms with van der Waals surface area (Å²) in [6.07, 6.45) is 9.95. The Balaban J connectivity index is 1.05. The van der Waals surface area contributed by atoms with E-state index < -0.39 is 0 Å². The van der Waals surface area contributed by atoms with Gasteiger partial charge in [0.25, 0.3) is 0 Å². The van der Waals surface area contributed by atoms with E-state index in [0.29, 0.717) is 0 Å². The third-order valence-electron chi connectivity index (χ3n) is 10.9. The monoisotopic (exact) mass is 653 g/mol. The molecule has 11 rings (SSSR count). The van der Waals surface area contributed by atoms with E-state index in [1.807, 2.05) is 11.3 Å². The Morgan fingerprint density at radius 1 is 0.480 bits per heavy atom. The van der Waals surface area contributed by atoms with Gasteiger partial charge in [0.15, 0.2) is 0 Å². The zero-order valence-electron chi connectivity index (χ0n) is 27.3. The minimum atomic E-state index is 0.238. The van der Waals surface area contributed by atoms with Gasteiger partial charge in [-0.1, -0.05) is 140 Å². The summed E-state index contributed by atoms with van der Waals surface area (Å²) in [5.74, 6) is 0. The molecule has 7 aromatic carbocycles. The summed E-state index contributed by atoms with van der Waals surface area (Å²) in [6.45, 7) is 0. The molecule has 0 aliphatic heterocycles. The molecule has 0 saturated heterocycles. The standard InChI is InChI=1S/C48H31NS/c1-2-11-32(12-3-1)49(44-21-10-20-42-36-14-6-7-22-45(36)50-48(42)44)33-26-23-30(24-27-33)31-25-28-35-39-17-9-18-40-41-19-8-16-38(47(41)43(35)29-31)34-13-4-5-15-37(34)46(39)40/h1-11,13-29,32H,12H2. The smallest absolute Gasteiger partial charge is 0.0598 e. The van der Waals surface area contributed by atoms with Crippen molar-refractivity contribution in [2.24, 2.45) is 0 Å². The lowest BCUT2D eigenvalue weighted by Gasteiger charge is -2.33. The highest BCUT2D eigenvalue weighted by Gasteiger charge is 2.30. The highest BCUT2D eigenvalue weighted by Crippen LogP contribution is 2.57. The molecule has 1 aromatic heterocycles. The van der Waals surface area contributed by atoms with Gasteiger partial charge in [-0.25, -0.2) is 0 Å². The number of fused-ring (bicyclic) bond motifs is 7. The Kier molecular flexibility index (Phi) is 6.02. The molecule has 0 spiro atoms. The molecule has 1 atom stereocenters. The van der Waals surface area contributed by atoms with Gasteiger partial charge in [-0.15, -0.1) is 11.3 Å². The van der Waals surface area contributed by atoms with Crippen LogP contribution in [0.3, 0.4) is 0 Å². The van der Waals surface area contributed by atoms with Crippen molar-refractivity contribution < 1.29 is 0 Å². The first kappa shape index (κ1) is 27.9. The molecule has 3 aliphatic carbocycles. The number of hydrogen-bond donors (Lipinski definition) is 0. The molecule has 1 heterocycles. The molecule has 0 amide bonds. The van der Waals surface area contributed by atoms with Crippen LogP contribution in [0.1, 0.15) is 6.42 Å². The van der Waals surface area contributed by atoms with E-state index in [1.54, 1.807) is 0 Å². The van der Waals surface area contributed by atoms with Crippen molar-refractivity contribution in [2.45, 2.75) is 12.5 Å². The zero-order chi connectivity index (χ0) is 32.8. The second-order valence-electron chi connectivity index (χ2n) is 13.5. The van der Waals surface area contributed by atoms with Gasteiger partial charge in [-0.05, 0) is 104 Å². The molecular weight excluding hydrogens is 623 g/mol. The third kappa shape index (κ3) is 4.00. The van der Waals surface area contributed by atoms with Gasteiger partial charge in [-0.3, -0.25) is 0 Å². The number of rotatable bonds is 4. The minimum Gasteiger partial charge on any atom is -0.333 e. The van der Waals surface area contributed by atoms with Crippen LogP contribution in [-0.2, 0) is 0 Å². The van der Waals surface area contributed by atoms with Gasteiger partial charge in [0.05, 0.1) is 16.4 Å². The Hall–Kier alpha value is -5.96. The topological polar surface area (TPSA) is 3.24 Å². The maximum atomic E-state index is 2.54. The average molecular weight is 654 g/mol. The number of nitrogens with zero attached hydrogens (tertiary/aromatic N) is 1. The fraction of sp³-hybridized carbons (Fsp3) is 0.0417. The van der Waals surface area contributed by atoms with Gasteiger partial charge >= 0.3 is 0 Å². The lowest BCUT2D eigenvalue weighted by Crippen LogP contribution is -2.29. The van der Waals surface area contributed by atoms with Crippen LogP contribution in [0.5, 0.6) is 0 Å². The van der Waals surface area contributed by atoms with Gasteiger partial charge in [-0.2, -0.15) is 0 Å². The van der Waals surface area contributed by atoms with Gasteiger partial charge in [0.2, 0.25) is 0 Å². The Morgan fingerprint density at radius 3 is 1.88 bits per heavy atom. The quantitative estimate of drug-likeness (QED) is 0.183. The normalized spacial score (nSPS) is 14.8. The molecule has 0 fully saturated rings. The molecule has 50 heavy (non-hydrogen) atoms. The zero-order valence-corrected chi connectivity index (χ0v) is 28.1. The minimum absolute atomic E-state index is 0.238. The van der Waals surface area contributed by atoms with Crippen molar-refractivity contribution in [1.29, 1.82) is 0 Å². The molecule has 1 unspecified atom stereocenters. The van der Waals surface area contributed by atoms with Crippen LogP contribution >= 0.6 is 11.3 Å². The molecule has 3 aliphatic rings. The number of benzene rings is 7. The Morgan fingerprint density at radius 2 is 1.10 bits per heavy atom. The van der Waals surface area contributed by atoms with Crippen LogP contribution in [-0.4, -0.2) is 6.04 Å². The number of anilines is 2. The van der Waals surface area contributed by atoms with Crippen molar-refractivity contribution >= 4 is 42.9 Å². The summed E-state index contributed by atoms with van der Waals surface area (Å²) in [7, 11) is 0. The summed E-state index contributed by atoms with van der Waals surface area (Å²) < 4.78 is 2.67. The van der Waals surface area contributed by atoms with Crippen LogP contribution < -0.4 is 4.90 Å². The summed E-state index contributed by atoms with van der Waals surface area (Å²) in [5.41, 5.74) is 18.2. The van der Waals surface area contributed by atoms with Crippen molar-refractivity contribution in [3.63, 3.8) is 0 Å². The van der Waals surface area contributed by atoms with Gasteiger partial charge in [0, 0.05) is 21.2 Å². The molecule has 0 N–H and O–H groups in total. The summed E-state index contributed by atoms with van der Waals surface area (Å²) >= 11 is 1.90. The molecule has 6 bridgehead atoms. The first-order chi connectivity index (χ1) is 24.8. The van der Waals surface area contributed by atoms with Crippen LogP contribution in [0, 0.1) is 0 Å². The highest BCUT2D eigenvalue weighted by atomic mass is 32.1. The van der Waals surface area contributed by atoms with E-state index in [4.69, 9.17) is 0 Å². The SMILES string of the molecule is C1=CCC(N(c2ccc(-c3ccc4c(c3)-c3c5cccc3-c3cccc-4c3-c3ccccc3-5)cc2)c2cccc3c2sc2ccccc23)C=C1. The van der Waals surface area contributed by atoms with E-state index >= 15 is 0 Å². The average Bonchev–Trinajstić information content (AvgIpc) is 3.52. The fourth-order valence-corrected chi connectivity index (χ4v) is 9.90. The molecule has 0 saturated carbocycles. The lowest BCUT2D eigenvalue weighted by atomic mass is 9.83. The Bertz CT molecular complexity index is 2720. The van der Waals surface area contributed by atoms with Crippen LogP contribution in [0.25, 0.3) is 86.9 Å². The van der Waals surface area contributed by atoms with Crippen molar-refractivity contribution in [3.8, 4) is 66.8 Å². The maximum Gasteiger partial charge on any atom is 0.0598 e. The summed E-state index contributed by atoms with van der Waals surface area (Å²) in [4.78, 5) is 2.54. The molecule has 1 nitrogen and oxygen atoms in total. The third-order valence-corrected chi connectivity index (χ3v) is 12.1. The second-order valence-corrected chi connectivity index (χ2v) is 14.6. The van der Waals surface area contributed by atoms with Crippen molar-refractivity contribution in [2.75, 3.05) is 4.90 Å². The van der Waals surface area contributed by atoms with Gasteiger partial charge < -0.3 is 4.90 Å². The number of allylic oxidation sites excluding steroid dienone is 2. The van der Waals surface area contributed by atoms with Gasteiger partial charge in [0.1, 0.15) is 0 Å². The van der Waals surface area contributed by atoms with E-state index in [9.17, 15) is 0 Å². The lowest BCUT2D eigenvalue weighted by molar-refractivity contribution is 0.788. The summed E-state index contributed by atoms with van der Waals surface area (Å²) in [6, 6.07) is 54.8. The first-order valence-corrected chi connectivity index (χ1v) is 18.3. The molecule has 8 aromatic rings. The predicted octanol–water partition coefficient (Wildman–Crippen LogP) is 13.7. The number of hydrogen-bond acceptors (Lipinski definition) is 2. The van der Waals surface area contributed by atoms with E-state index in [-0.39, 0.29) is 6.04 Å². The van der Waals surface area contributed by atoms with Crippen molar-refractivity contribution in [1.82, 2.24) is 0 Å². The molecular formula is C48H31NS. The van der Waals surface area contributed by atoms with Crippen molar-refractivity contribution in [3.05, 3.63) is 170 Å². The van der Waals surface area contributed by atoms with E-state index in [0.717, 1.165) is 6.42 Å². The molecule has 234 valence electrons. The highest BCUT2D eigenvalue weighted by molar-refractivity contribution is 7.26. The molecule has 2 heteroatoms. The number of thiophene rings is 1. The largest absolute Gasteiger partial charge is 0.333 e. The predicted molar refractivity (Wildman–Crippen MR) is 214 cm³/mol. The van der Waals surface area contributed by atoms with E-state index in [2.05, 4.69) is 175 Å². The van der Waals surface area contributed by atoms with Crippen LogP contribution in [0.15, 0.2) is 170 Å². The summed E-state index contributed by atoms with van der Waals surface area (Å²) in [5, 5.41) is 2.66. The second kappa shape index (κ2) is 10.8. The first-order valence-electron chi connectivity index (χ1n) is 17.5. The van der Waals surface area contributed by atoms with Crippen LogP contribution in [0.2, 0.25) is 0 Å². The molecule has 0 radical (unpaired) electrons. The van der Waals surface area contributed by atoms with Crippen LogP contribution in [0.4, 0.5) is 11.4 Å².